The van der Waals surface area contributed by atoms with Gasteiger partial charge in [-0.15, -0.1) is 0 Å². The van der Waals surface area contributed by atoms with Crippen LogP contribution in [-0.2, 0) is 19.6 Å². The van der Waals surface area contributed by atoms with Crippen molar-refractivity contribution in [2.24, 2.45) is 5.16 Å². The van der Waals surface area contributed by atoms with Crippen LogP contribution in [0.15, 0.2) is 35.5 Å². The van der Waals surface area contributed by atoms with Crippen molar-refractivity contribution in [1.82, 2.24) is 9.78 Å². The number of ether oxygens (including phenoxy) is 1. The van der Waals surface area contributed by atoms with E-state index in [9.17, 15) is 0 Å². The Kier molecular flexibility index (Phi) is 4.98. The highest BCUT2D eigenvalue weighted by atomic mass is 16.5. The van der Waals surface area contributed by atoms with Gasteiger partial charge in [-0.25, -0.2) is 0 Å². The topological polar surface area (TPSA) is 59.6 Å². The van der Waals surface area contributed by atoms with Gasteiger partial charge in [0.2, 0.25) is 0 Å². The lowest BCUT2D eigenvalue weighted by Gasteiger charge is -2.08. The number of hydrogen-bond acceptors (Lipinski definition) is 4. The first-order valence-corrected chi connectivity index (χ1v) is 7.15. The van der Waals surface area contributed by atoms with Crippen LogP contribution in [0.25, 0.3) is 0 Å². The minimum absolute atomic E-state index is 0.493. The molecule has 5 heteroatoms. The van der Waals surface area contributed by atoms with Crippen LogP contribution in [0.5, 0.6) is 5.75 Å². The quantitative estimate of drug-likeness (QED) is 0.504. The van der Waals surface area contributed by atoms with E-state index >= 15 is 0 Å². The maximum absolute atomic E-state index is 8.74. The van der Waals surface area contributed by atoms with Gasteiger partial charge >= 0.3 is 0 Å². The molecule has 0 spiro atoms. The Hall–Kier alpha value is -2.30. The van der Waals surface area contributed by atoms with Crippen molar-refractivity contribution in [3.8, 4) is 5.75 Å². The van der Waals surface area contributed by atoms with Crippen LogP contribution >= 0.6 is 0 Å². The van der Waals surface area contributed by atoms with Gasteiger partial charge in [-0.3, -0.25) is 4.68 Å². The van der Waals surface area contributed by atoms with E-state index in [1.54, 1.807) is 6.92 Å². The first-order chi connectivity index (χ1) is 10.2. The lowest BCUT2D eigenvalue weighted by atomic mass is 10.1. The van der Waals surface area contributed by atoms with Crippen molar-refractivity contribution in [2.75, 3.05) is 0 Å². The largest absolute Gasteiger partial charge is 0.487 e. The van der Waals surface area contributed by atoms with E-state index < -0.39 is 0 Å². The highest BCUT2D eigenvalue weighted by Crippen LogP contribution is 2.15. The first-order valence-electron chi connectivity index (χ1n) is 7.15. The van der Waals surface area contributed by atoms with Gasteiger partial charge in [0.15, 0.2) is 0 Å². The summed E-state index contributed by atoms with van der Waals surface area (Å²) in [6, 6.07) is 9.58. The van der Waals surface area contributed by atoms with Gasteiger partial charge < -0.3 is 9.94 Å². The fourth-order valence-corrected chi connectivity index (χ4v) is 2.09. The number of aromatic nitrogens is 2. The zero-order chi connectivity index (χ0) is 15.2. The predicted octanol–water partition coefficient (Wildman–Crippen LogP) is 3.24. The summed E-state index contributed by atoms with van der Waals surface area (Å²) in [4.78, 5) is 0. The number of benzene rings is 1. The summed E-state index contributed by atoms with van der Waals surface area (Å²) in [5.74, 6) is 0.784. The van der Waals surface area contributed by atoms with Crippen LogP contribution in [0.1, 0.15) is 37.7 Å². The molecule has 5 nitrogen and oxygen atoms in total. The molecular weight excluding hydrogens is 266 g/mol. The molecular formula is C16H21N3O2. The normalized spacial score (nSPS) is 11.7. The van der Waals surface area contributed by atoms with E-state index in [0.29, 0.717) is 12.3 Å². The highest BCUT2D eigenvalue weighted by Gasteiger charge is 2.06. The number of oxime groups is 1. The van der Waals surface area contributed by atoms with Crippen molar-refractivity contribution in [1.29, 1.82) is 0 Å². The molecule has 0 aliphatic carbocycles. The summed E-state index contributed by atoms with van der Waals surface area (Å²) in [6.07, 6.45) is 0.925. The molecule has 1 aromatic heterocycles. The lowest BCUT2D eigenvalue weighted by Crippen LogP contribution is -2.06. The van der Waals surface area contributed by atoms with Crippen LogP contribution in [0.4, 0.5) is 0 Å². The third kappa shape index (κ3) is 3.62. The summed E-state index contributed by atoms with van der Waals surface area (Å²) in [5.41, 5.74) is 3.61. The zero-order valence-electron chi connectivity index (χ0n) is 12.7. The molecule has 112 valence electrons. The molecule has 1 N–H and O–H groups in total. The number of hydrogen-bond donors (Lipinski definition) is 1. The van der Waals surface area contributed by atoms with E-state index in [1.807, 2.05) is 28.9 Å². The molecule has 1 aromatic carbocycles. The average molecular weight is 287 g/mol. The van der Waals surface area contributed by atoms with Crippen molar-refractivity contribution >= 4 is 5.71 Å². The van der Waals surface area contributed by atoms with Gasteiger partial charge in [0.05, 0.1) is 17.1 Å². The van der Waals surface area contributed by atoms with E-state index in [-0.39, 0.29) is 0 Å². The molecule has 0 aliphatic heterocycles. The third-order valence-corrected chi connectivity index (χ3v) is 3.38. The maximum Gasteiger partial charge on any atom is 0.130 e. The summed E-state index contributed by atoms with van der Waals surface area (Å²) in [6.45, 7) is 7.25. The van der Waals surface area contributed by atoms with Gasteiger partial charge in [-0.05, 0) is 56.2 Å². The van der Waals surface area contributed by atoms with Gasteiger partial charge in [0.1, 0.15) is 12.4 Å². The Balaban J connectivity index is 2.04. The predicted molar refractivity (Wildman–Crippen MR) is 82.1 cm³/mol. The van der Waals surface area contributed by atoms with Crippen LogP contribution in [0.2, 0.25) is 0 Å². The SMILES string of the molecule is CCc1cc(COc2ccc(C(C)=NO)cc2)n(CC)n1. The van der Waals surface area contributed by atoms with Crippen LogP contribution in [-0.4, -0.2) is 20.7 Å². The molecule has 0 atom stereocenters. The maximum atomic E-state index is 8.74. The van der Waals surface area contributed by atoms with Crippen LogP contribution in [0, 0.1) is 0 Å². The van der Waals surface area contributed by atoms with Crippen LogP contribution < -0.4 is 4.74 Å². The van der Waals surface area contributed by atoms with Gasteiger partial charge in [-0.2, -0.15) is 5.10 Å². The fourth-order valence-electron chi connectivity index (χ4n) is 2.09. The second-order valence-corrected chi connectivity index (χ2v) is 4.79. The monoisotopic (exact) mass is 287 g/mol. The van der Waals surface area contributed by atoms with Crippen molar-refractivity contribution < 1.29 is 9.94 Å². The molecule has 0 aliphatic rings. The molecule has 21 heavy (non-hydrogen) atoms. The van der Waals surface area contributed by atoms with Crippen molar-refractivity contribution in [3.05, 3.63) is 47.3 Å². The Morgan fingerprint density at radius 1 is 1.29 bits per heavy atom. The standard InChI is InChI=1S/C16H21N3O2/c1-4-14-10-15(19(5-2)17-14)11-21-16-8-6-13(7-9-16)12(3)18-20/h6-10,20H,4-5,11H2,1-3H3. The molecule has 0 saturated heterocycles. The molecule has 0 unspecified atom stereocenters. The molecule has 0 saturated carbocycles. The smallest absolute Gasteiger partial charge is 0.130 e. The van der Waals surface area contributed by atoms with Crippen molar-refractivity contribution in [2.45, 2.75) is 40.3 Å². The van der Waals surface area contributed by atoms with Gasteiger partial charge in [0.25, 0.3) is 0 Å². The molecule has 0 radical (unpaired) electrons. The lowest BCUT2D eigenvalue weighted by molar-refractivity contribution is 0.292. The minimum atomic E-state index is 0.493. The highest BCUT2D eigenvalue weighted by molar-refractivity contribution is 5.98. The minimum Gasteiger partial charge on any atom is -0.487 e. The van der Waals surface area contributed by atoms with Gasteiger partial charge in [0, 0.05) is 6.54 Å². The van der Waals surface area contributed by atoms with Crippen molar-refractivity contribution in [3.63, 3.8) is 0 Å². The second-order valence-electron chi connectivity index (χ2n) is 4.79. The molecule has 0 fully saturated rings. The Labute approximate surface area is 124 Å². The molecule has 0 bridgehead atoms. The Morgan fingerprint density at radius 3 is 2.57 bits per heavy atom. The second kappa shape index (κ2) is 6.92. The summed E-state index contributed by atoms with van der Waals surface area (Å²) >= 11 is 0. The summed E-state index contributed by atoms with van der Waals surface area (Å²) in [5, 5.41) is 16.4. The van der Waals surface area contributed by atoms with Gasteiger partial charge in [-0.1, -0.05) is 12.1 Å². The molecule has 0 amide bonds. The number of rotatable bonds is 6. The summed E-state index contributed by atoms with van der Waals surface area (Å²) in [7, 11) is 0. The average Bonchev–Trinajstić information content (AvgIpc) is 2.95. The summed E-state index contributed by atoms with van der Waals surface area (Å²) < 4.78 is 7.77. The van der Waals surface area contributed by atoms with Crippen LogP contribution in [0.3, 0.4) is 0 Å². The molecule has 2 rings (SSSR count). The molecule has 1 heterocycles. The first kappa shape index (κ1) is 15.1. The Morgan fingerprint density at radius 2 is 2.00 bits per heavy atom. The van der Waals surface area contributed by atoms with E-state index in [0.717, 1.165) is 35.7 Å². The Bertz CT molecular complexity index is 615. The van der Waals surface area contributed by atoms with E-state index in [4.69, 9.17) is 9.94 Å². The fraction of sp³-hybridized carbons (Fsp3) is 0.375. The molecule has 2 aromatic rings. The van der Waals surface area contributed by atoms with E-state index in [2.05, 4.69) is 30.2 Å². The third-order valence-electron chi connectivity index (χ3n) is 3.38. The number of nitrogens with zero attached hydrogens (tertiary/aromatic N) is 3. The number of aryl methyl sites for hydroxylation is 2. The van der Waals surface area contributed by atoms with E-state index in [1.165, 1.54) is 0 Å². The zero-order valence-corrected chi connectivity index (χ0v) is 12.7.